The third-order valence-electron chi connectivity index (χ3n) is 2.53. The van der Waals surface area contributed by atoms with Gasteiger partial charge >= 0.3 is 12.0 Å². The number of β-amino-alcohol motifs (C(OH)–C–C–N with tert-alkyl or cyclic N) is 1. The van der Waals surface area contributed by atoms with Crippen molar-refractivity contribution in [2.45, 2.75) is 18.6 Å². The van der Waals surface area contributed by atoms with Crippen LogP contribution >= 0.6 is 11.8 Å². The van der Waals surface area contributed by atoms with E-state index < -0.39 is 24.1 Å². The summed E-state index contributed by atoms with van der Waals surface area (Å²) < 4.78 is 0. The summed E-state index contributed by atoms with van der Waals surface area (Å²) >= 11 is 1.51. The molecule has 18 heavy (non-hydrogen) atoms. The molecular weight excluding hydrogens is 256 g/mol. The van der Waals surface area contributed by atoms with Crippen molar-refractivity contribution in [2.75, 3.05) is 24.6 Å². The van der Waals surface area contributed by atoms with E-state index in [1.54, 1.807) is 0 Å². The number of aliphatic hydroxyl groups excluding tert-OH is 1. The molecular formula is C11H16N2O4S. The molecule has 3 N–H and O–H groups in total. The number of aliphatic carboxylic acids is 1. The molecule has 1 aliphatic heterocycles. The Morgan fingerprint density at radius 1 is 1.56 bits per heavy atom. The fourth-order valence-electron chi connectivity index (χ4n) is 1.74. The van der Waals surface area contributed by atoms with Crippen molar-refractivity contribution in [1.82, 2.24) is 10.2 Å². The molecule has 100 valence electrons. The second kappa shape index (κ2) is 7.13. The highest BCUT2D eigenvalue weighted by molar-refractivity contribution is 7.99. The van der Waals surface area contributed by atoms with Crippen LogP contribution in [0, 0.1) is 12.3 Å². The van der Waals surface area contributed by atoms with Gasteiger partial charge in [0.25, 0.3) is 0 Å². The van der Waals surface area contributed by atoms with Gasteiger partial charge in [-0.3, -0.25) is 0 Å². The van der Waals surface area contributed by atoms with Crippen LogP contribution in [0.2, 0.25) is 0 Å². The number of urea groups is 1. The zero-order chi connectivity index (χ0) is 13.5. The molecule has 7 heteroatoms. The molecule has 1 rings (SSSR count). The van der Waals surface area contributed by atoms with Crippen LogP contribution in [0.1, 0.15) is 6.42 Å². The van der Waals surface area contributed by atoms with Crippen LogP contribution in [0.15, 0.2) is 0 Å². The molecule has 0 spiro atoms. The number of carboxylic acids is 1. The second-order valence-corrected chi connectivity index (χ2v) is 4.99. The Morgan fingerprint density at radius 3 is 2.89 bits per heavy atom. The molecule has 1 fully saturated rings. The van der Waals surface area contributed by atoms with Crippen LogP contribution < -0.4 is 5.32 Å². The summed E-state index contributed by atoms with van der Waals surface area (Å²) in [4.78, 5) is 23.8. The lowest BCUT2D eigenvalue weighted by molar-refractivity contribution is -0.141. The minimum Gasteiger partial charge on any atom is -0.480 e. The third-order valence-corrected chi connectivity index (χ3v) is 3.40. The normalized spacial score (nSPS) is 22.6. The van der Waals surface area contributed by atoms with Gasteiger partial charge in [-0.25, -0.2) is 9.59 Å². The van der Waals surface area contributed by atoms with Crippen LogP contribution in [0.25, 0.3) is 0 Å². The van der Waals surface area contributed by atoms with Gasteiger partial charge in [-0.15, -0.1) is 18.2 Å². The Labute approximate surface area is 110 Å². The van der Waals surface area contributed by atoms with E-state index >= 15 is 0 Å². The van der Waals surface area contributed by atoms with Crippen molar-refractivity contribution in [2.24, 2.45) is 0 Å². The first kappa shape index (κ1) is 14.7. The number of amides is 2. The summed E-state index contributed by atoms with van der Waals surface area (Å²) in [6.07, 6.45) is 4.38. The van der Waals surface area contributed by atoms with E-state index in [-0.39, 0.29) is 13.0 Å². The first-order valence-corrected chi connectivity index (χ1v) is 6.68. The summed E-state index contributed by atoms with van der Waals surface area (Å²) in [5.74, 6) is 2.62. The molecule has 2 atom stereocenters. The van der Waals surface area contributed by atoms with Gasteiger partial charge in [-0.05, 0) is 0 Å². The first-order chi connectivity index (χ1) is 8.56. The van der Waals surface area contributed by atoms with Gasteiger partial charge in [0.15, 0.2) is 0 Å². The lowest BCUT2D eigenvalue weighted by Gasteiger charge is -2.21. The van der Waals surface area contributed by atoms with Crippen LogP contribution in [0.3, 0.4) is 0 Å². The van der Waals surface area contributed by atoms with E-state index in [4.69, 9.17) is 11.5 Å². The predicted octanol–water partition coefficient (Wildman–Crippen LogP) is -0.418. The highest BCUT2D eigenvalue weighted by atomic mass is 32.2. The number of nitrogens with one attached hydrogen (secondary N) is 1. The van der Waals surface area contributed by atoms with Crippen LogP contribution in [-0.4, -0.2) is 63.9 Å². The molecule has 0 aromatic rings. The summed E-state index contributed by atoms with van der Waals surface area (Å²) in [7, 11) is 0. The third kappa shape index (κ3) is 4.13. The standard InChI is InChI=1S/C11H16N2O4S/c1-2-4-18-5-3-12-11(17)13-7-8(14)6-9(13)10(15)16/h1,8-9,14H,3-7H2,(H,12,17)(H,15,16)/t8-,9+/m1/s1. The smallest absolute Gasteiger partial charge is 0.326 e. The van der Waals surface area contributed by atoms with Crippen LogP contribution in [-0.2, 0) is 4.79 Å². The van der Waals surface area contributed by atoms with Gasteiger partial charge in [0.2, 0.25) is 0 Å². The summed E-state index contributed by atoms with van der Waals surface area (Å²) in [5.41, 5.74) is 0. The Hall–Kier alpha value is -1.39. The van der Waals surface area contributed by atoms with Crippen molar-refractivity contribution in [1.29, 1.82) is 0 Å². The number of aliphatic hydroxyl groups is 1. The second-order valence-electron chi connectivity index (χ2n) is 3.88. The Morgan fingerprint density at radius 2 is 2.28 bits per heavy atom. The van der Waals surface area contributed by atoms with Gasteiger partial charge in [0, 0.05) is 25.3 Å². The first-order valence-electron chi connectivity index (χ1n) is 5.52. The molecule has 0 aromatic carbocycles. The van der Waals surface area contributed by atoms with E-state index in [1.807, 2.05) is 0 Å². The Bertz CT molecular complexity index is 355. The molecule has 0 bridgehead atoms. The zero-order valence-corrected chi connectivity index (χ0v) is 10.7. The zero-order valence-electron chi connectivity index (χ0n) is 9.83. The maximum atomic E-state index is 11.7. The molecule has 0 saturated carbocycles. The molecule has 0 aliphatic carbocycles. The van der Waals surface area contributed by atoms with Gasteiger partial charge < -0.3 is 20.4 Å². The Balaban J connectivity index is 2.36. The van der Waals surface area contributed by atoms with Crippen LogP contribution in [0.4, 0.5) is 4.79 Å². The number of terminal acetylenes is 1. The topological polar surface area (TPSA) is 89.9 Å². The minimum absolute atomic E-state index is 0.0559. The molecule has 1 heterocycles. The predicted molar refractivity (Wildman–Crippen MR) is 68.3 cm³/mol. The quantitative estimate of drug-likeness (QED) is 0.467. The van der Waals surface area contributed by atoms with E-state index in [0.717, 1.165) is 4.90 Å². The van der Waals surface area contributed by atoms with Crippen molar-refractivity contribution in [3.63, 3.8) is 0 Å². The lowest BCUT2D eigenvalue weighted by atomic mass is 10.2. The molecule has 0 aromatic heterocycles. The maximum Gasteiger partial charge on any atom is 0.326 e. The fourth-order valence-corrected chi connectivity index (χ4v) is 2.24. The average molecular weight is 272 g/mol. The van der Waals surface area contributed by atoms with Gasteiger partial charge in [0.1, 0.15) is 6.04 Å². The molecule has 0 radical (unpaired) electrons. The summed E-state index contributed by atoms with van der Waals surface area (Å²) in [6.45, 7) is 0.477. The number of carbonyl (C=O) groups excluding carboxylic acids is 1. The molecule has 6 nitrogen and oxygen atoms in total. The lowest BCUT2D eigenvalue weighted by Crippen LogP contribution is -2.46. The summed E-state index contributed by atoms with van der Waals surface area (Å²) in [5, 5.41) is 20.9. The number of nitrogens with zero attached hydrogens (tertiary/aromatic N) is 1. The van der Waals surface area contributed by atoms with Crippen molar-refractivity contribution < 1.29 is 19.8 Å². The van der Waals surface area contributed by atoms with E-state index in [0.29, 0.717) is 18.1 Å². The summed E-state index contributed by atoms with van der Waals surface area (Å²) in [6, 6.07) is -1.40. The number of carboxylic acid groups (broad SMARTS) is 1. The molecule has 1 aliphatic rings. The molecule has 2 amide bonds. The van der Waals surface area contributed by atoms with Gasteiger partial charge in [0.05, 0.1) is 11.9 Å². The van der Waals surface area contributed by atoms with E-state index in [9.17, 15) is 14.7 Å². The van der Waals surface area contributed by atoms with Crippen LogP contribution in [0.5, 0.6) is 0 Å². The average Bonchev–Trinajstić information content (AvgIpc) is 2.71. The number of thioether (sulfide) groups is 1. The number of likely N-dealkylation sites (tertiary alicyclic amines) is 1. The monoisotopic (exact) mass is 272 g/mol. The van der Waals surface area contributed by atoms with Crippen molar-refractivity contribution in [3.05, 3.63) is 0 Å². The highest BCUT2D eigenvalue weighted by Crippen LogP contribution is 2.17. The van der Waals surface area contributed by atoms with Crippen molar-refractivity contribution in [3.8, 4) is 12.3 Å². The van der Waals surface area contributed by atoms with Gasteiger partial charge in [-0.1, -0.05) is 5.92 Å². The maximum absolute atomic E-state index is 11.7. The largest absolute Gasteiger partial charge is 0.480 e. The van der Waals surface area contributed by atoms with Crippen molar-refractivity contribution >= 4 is 23.8 Å². The van der Waals surface area contributed by atoms with E-state index in [1.165, 1.54) is 11.8 Å². The number of carbonyl (C=O) groups is 2. The van der Waals surface area contributed by atoms with Gasteiger partial charge in [-0.2, -0.15) is 0 Å². The molecule has 0 unspecified atom stereocenters. The molecule has 1 saturated heterocycles. The van der Waals surface area contributed by atoms with E-state index in [2.05, 4.69) is 11.2 Å². The number of rotatable bonds is 5. The SMILES string of the molecule is C#CCSCCNC(=O)N1C[C@H](O)C[C@H]1C(=O)O. The number of hydrogen-bond acceptors (Lipinski definition) is 4. The fraction of sp³-hybridized carbons (Fsp3) is 0.636. The highest BCUT2D eigenvalue weighted by Gasteiger charge is 2.38. The Kier molecular flexibility index (Phi) is 5.82. The minimum atomic E-state index is -1.09. The number of hydrogen-bond donors (Lipinski definition) is 3.